The van der Waals surface area contributed by atoms with E-state index in [1.54, 1.807) is 6.92 Å². The lowest BCUT2D eigenvalue weighted by Gasteiger charge is -2.09. The van der Waals surface area contributed by atoms with Crippen molar-refractivity contribution in [2.45, 2.75) is 20.0 Å². The molecule has 33 heavy (non-hydrogen) atoms. The number of rotatable bonds is 8. The summed E-state index contributed by atoms with van der Waals surface area (Å²) in [6, 6.07) is 7.40. The maximum Gasteiger partial charge on any atom is 0.387 e. The Morgan fingerprint density at radius 1 is 1.15 bits per heavy atom. The molecule has 0 bridgehead atoms. The van der Waals surface area contributed by atoms with E-state index in [-0.39, 0.29) is 29.0 Å². The zero-order valence-corrected chi connectivity index (χ0v) is 17.5. The van der Waals surface area contributed by atoms with Gasteiger partial charge >= 0.3 is 12.6 Å². The van der Waals surface area contributed by atoms with Crippen molar-refractivity contribution in [1.82, 2.24) is 9.88 Å². The largest absolute Gasteiger partial charge is 0.494 e. The van der Waals surface area contributed by atoms with Crippen molar-refractivity contribution in [3.05, 3.63) is 59.0 Å². The summed E-state index contributed by atoms with van der Waals surface area (Å²) in [5.74, 6) is -3.40. The molecule has 0 saturated heterocycles. The first kappa shape index (κ1) is 23.6. The smallest absolute Gasteiger partial charge is 0.387 e. The molecule has 1 aromatic heterocycles. The number of nitrogens with zero attached hydrogens (tertiary/aromatic N) is 1. The Labute approximate surface area is 185 Å². The predicted molar refractivity (Wildman–Crippen MR) is 110 cm³/mol. The van der Waals surface area contributed by atoms with Crippen molar-refractivity contribution in [2.24, 2.45) is 0 Å². The molecule has 0 atom stereocenters. The fourth-order valence-corrected chi connectivity index (χ4v) is 3.43. The van der Waals surface area contributed by atoms with Gasteiger partial charge < -0.3 is 19.9 Å². The van der Waals surface area contributed by atoms with Crippen LogP contribution in [-0.2, 0) is 16.0 Å². The number of alkyl halides is 2. The lowest BCUT2D eigenvalue weighted by molar-refractivity contribution is -0.137. The van der Waals surface area contributed by atoms with Crippen LogP contribution in [-0.4, -0.2) is 47.7 Å². The molecule has 8 nitrogen and oxygen atoms in total. The SMILES string of the molecule is COc1cc2c(CC(=O)NCC(=O)O)c(C)n(C(=O)c3ccc(OC(F)F)cc3)c2cc1F. The monoisotopic (exact) mass is 464 g/mol. The van der Waals surface area contributed by atoms with Gasteiger partial charge in [-0.3, -0.25) is 19.0 Å². The molecule has 0 radical (unpaired) electrons. The van der Waals surface area contributed by atoms with Gasteiger partial charge in [0.2, 0.25) is 5.91 Å². The van der Waals surface area contributed by atoms with Crippen molar-refractivity contribution in [2.75, 3.05) is 13.7 Å². The number of carbonyl (C=O) groups is 3. The molecular weight excluding hydrogens is 445 g/mol. The van der Waals surface area contributed by atoms with Gasteiger partial charge in [-0.2, -0.15) is 8.78 Å². The molecule has 0 aliphatic carbocycles. The highest BCUT2D eigenvalue weighted by molar-refractivity contribution is 6.05. The number of methoxy groups -OCH3 is 1. The van der Waals surface area contributed by atoms with E-state index in [1.165, 1.54) is 42.0 Å². The Morgan fingerprint density at radius 3 is 2.39 bits per heavy atom. The van der Waals surface area contributed by atoms with Crippen LogP contribution in [0.3, 0.4) is 0 Å². The van der Waals surface area contributed by atoms with Gasteiger partial charge in [0.15, 0.2) is 11.6 Å². The third-order valence-electron chi connectivity index (χ3n) is 4.91. The lowest BCUT2D eigenvalue weighted by atomic mass is 10.1. The van der Waals surface area contributed by atoms with Crippen LogP contribution in [0.25, 0.3) is 10.9 Å². The van der Waals surface area contributed by atoms with Crippen LogP contribution in [0.15, 0.2) is 36.4 Å². The van der Waals surface area contributed by atoms with Gasteiger partial charge in [-0.15, -0.1) is 0 Å². The maximum atomic E-state index is 14.5. The summed E-state index contributed by atoms with van der Waals surface area (Å²) in [4.78, 5) is 36.2. The van der Waals surface area contributed by atoms with Gasteiger partial charge in [0.25, 0.3) is 5.91 Å². The summed E-state index contributed by atoms with van der Waals surface area (Å²) in [5, 5.41) is 11.4. The van der Waals surface area contributed by atoms with E-state index in [1.807, 2.05) is 0 Å². The molecular formula is C22H19F3N2O6. The second-order valence-corrected chi connectivity index (χ2v) is 6.96. The van der Waals surface area contributed by atoms with E-state index >= 15 is 0 Å². The summed E-state index contributed by atoms with van der Waals surface area (Å²) in [5.41, 5.74) is 0.956. The van der Waals surface area contributed by atoms with Crippen LogP contribution in [0.5, 0.6) is 11.5 Å². The van der Waals surface area contributed by atoms with Crippen LogP contribution in [0.4, 0.5) is 13.2 Å². The quantitative estimate of drug-likeness (QED) is 0.531. The highest BCUT2D eigenvalue weighted by atomic mass is 19.3. The number of amides is 1. The number of carboxylic acids is 1. The fraction of sp³-hybridized carbons (Fsp3) is 0.227. The molecule has 0 saturated carbocycles. The summed E-state index contributed by atoms with van der Waals surface area (Å²) in [7, 11) is 1.27. The molecule has 2 aromatic carbocycles. The van der Waals surface area contributed by atoms with Crippen molar-refractivity contribution < 1.29 is 42.1 Å². The Bertz CT molecular complexity index is 1220. The average Bonchev–Trinajstić information content (AvgIpc) is 3.01. The Kier molecular flexibility index (Phi) is 6.90. The molecule has 0 spiro atoms. The van der Waals surface area contributed by atoms with Gasteiger partial charge in [-0.25, -0.2) is 4.39 Å². The number of benzene rings is 2. The summed E-state index contributed by atoms with van der Waals surface area (Å²) in [6.45, 7) is -2.05. The van der Waals surface area contributed by atoms with Gasteiger partial charge in [0.05, 0.1) is 19.0 Å². The van der Waals surface area contributed by atoms with Gasteiger partial charge in [0.1, 0.15) is 12.3 Å². The van der Waals surface area contributed by atoms with E-state index in [9.17, 15) is 27.6 Å². The average molecular weight is 464 g/mol. The number of hydrogen-bond donors (Lipinski definition) is 2. The number of aromatic nitrogens is 1. The first-order valence-electron chi connectivity index (χ1n) is 9.57. The Morgan fingerprint density at radius 2 is 1.82 bits per heavy atom. The normalized spacial score (nSPS) is 11.0. The molecule has 0 unspecified atom stereocenters. The van der Waals surface area contributed by atoms with Crippen LogP contribution in [0.1, 0.15) is 21.6 Å². The minimum Gasteiger partial charge on any atom is -0.494 e. The fourth-order valence-electron chi connectivity index (χ4n) is 3.43. The zero-order chi connectivity index (χ0) is 24.3. The van der Waals surface area contributed by atoms with Crippen molar-refractivity contribution in [1.29, 1.82) is 0 Å². The number of carboxylic acid groups (broad SMARTS) is 1. The lowest BCUT2D eigenvalue weighted by Crippen LogP contribution is -2.30. The number of halogens is 3. The highest BCUT2D eigenvalue weighted by Gasteiger charge is 2.23. The molecule has 174 valence electrons. The summed E-state index contributed by atoms with van der Waals surface area (Å²) < 4.78 is 49.7. The molecule has 0 fully saturated rings. The highest BCUT2D eigenvalue weighted by Crippen LogP contribution is 2.32. The predicted octanol–water partition coefficient (Wildman–Crippen LogP) is 3.13. The van der Waals surface area contributed by atoms with E-state index in [4.69, 9.17) is 9.84 Å². The second-order valence-electron chi connectivity index (χ2n) is 6.96. The van der Waals surface area contributed by atoms with Crippen LogP contribution < -0.4 is 14.8 Å². The Hall–Kier alpha value is -4.02. The number of ether oxygens (including phenoxy) is 2. The number of aliphatic carboxylic acids is 1. The molecule has 1 heterocycles. The first-order valence-corrected chi connectivity index (χ1v) is 9.57. The summed E-state index contributed by atoms with van der Waals surface area (Å²) in [6.07, 6.45) is -0.272. The molecule has 1 amide bonds. The van der Waals surface area contributed by atoms with Crippen molar-refractivity contribution in [3.8, 4) is 11.5 Å². The summed E-state index contributed by atoms with van der Waals surface area (Å²) >= 11 is 0. The van der Waals surface area contributed by atoms with Crippen molar-refractivity contribution >= 4 is 28.7 Å². The van der Waals surface area contributed by atoms with Crippen LogP contribution in [0, 0.1) is 12.7 Å². The zero-order valence-electron chi connectivity index (χ0n) is 17.5. The first-order chi connectivity index (χ1) is 15.6. The van der Waals surface area contributed by atoms with Crippen molar-refractivity contribution in [3.63, 3.8) is 0 Å². The van der Waals surface area contributed by atoms with Gasteiger partial charge in [-0.1, -0.05) is 0 Å². The standard InChI is InChI=1S/C22H19F3N2O6/c1-11-14(8-19(28)26-10-20(29)30)15-7-18(32-2)16(23)9-17(15)27(11)21(31)12-3-5-13(6-4-12)33-22(24)25/h3-7,9,22H,8,10H2,1-2H3,(H,26,28)(H,29,30). The van der Waals surface area contributed by atoms with E-state index in [0.29, 0.717) is 16.6 Å². The van der Waals surface area contributed by atoms with Gasteiger partial charge in [-0.05, 0) is 42.8 Å². The minimum atomic E-state index is -3.02. The minimum absolute atomic E-state index is 0.104. The molecule has 3 rings (SSSR count). The van der Waals surface area contributed by atoms with Crippen LogP contribution >= 0.6 is 0 Å². The molecule has 3 aromatic rings. The van der Waals surface area contributed by atoms with E-state index in [2.05, 4.69) is 10.1 Å². The molecule has 0 aliphatic rings. The number of hydrogen-bond acceptors (Lipinski definition) is 5. The number of fused-ring (bicyclic) bond motifs is 1. The second kappa shape index (κ2) is 9.63. The van der Waals surface area contributed by atoms with E-state index < -0.39 is 36.8 Å². The topological polar surface area (TPSA) is 107 Å². The third-order valence-corrected chi connectivity index (χ3v) is 4.91. The van der Waals surface area contributed by atoms with E-state index in [0.717, 1.165) is 6.07 Å². The maximum absolute atomic E-state index is 14.5. The molecule has 2 N–H and O–H groups in total. The third kappa shape index (κ3) is 5.08. The van der Waals surface area contributed by atoms with Gasteiger partial charge in [0, 0.05) is 22.7 Å². The Balaban J connectivity index is 2.08. The number of nitrogens with one attached hydrogen (secondary N) is 1. The molecule has 11 heteroatoms. The number of carbonyl (C=O) groups excluding carboxylic acids is 2. The van der Waals surface area contributed by atoms with Crippen LogP contribution in [0.2, 0.25) is 0 Å². The molecule has 0 aliphatic heterocycles.